The highest BCUT2D eigenvalue weighted by Crippen LogP contribution is 2.18. The molecule has 0 saturated heterocycles. The number of ether oxygens (including phenoxy) is 2. The van der Waals surface area contributed by atoms with E-state index in [1.807, 2.05) is 38.1 Å². The van der Waals surface area contributed by atoms with Crippen LogP contribution in [0.4, 0.5) is 0 Å². The number of methoxy groups -OCH3 is 1. The highest BCUT2D eigenvalue weighted by molar-refractivity contribution is 7.86. The fourth-order valence-electron chi connectivity index (χ4n) is 2.26. The summed E-state index contributed by atoms with van der Waals surface area (Å²) in [6, 6.07) is 14.4. The van der Waals surface area contributed by atoms with Crippen LogP contribution in [0, 0.1) is 6.92 Å². The molecule has 2 aromatic rings. The first kappa shape index (κ1) is 19.6. The van der Waals surface area contributed by atoms with E-state index in [0.29, 0.717) is 6.42 Å². The Morgan fingerprint density at radius 3 is 2.24 bits per heavy atom. The molecule has 0 N–H and O–H groups in total. The molecule has 5 nitrogen and oxygen atoms in total. The third kappa shape index (κ3) is 5.93. The Kier molecular flexibility index (Phi) is 7.13. The summed E-state index contributed by atoms with van der Waals surface area (Å²) in [7, 11) is -2.13. The van der Waals surface area contributed by atoms with Crippen molar-refractivity contribution >= 4 is 10.1 Å². The second kappa shape index (κ2) is 9.10. The standard InChI is InChI=1S/C19H24O5S/c1-15-4-10-19(11-5-15)25(20,21)24-13-12-17-6-8-18(9-7-17)16(2)23-14-22-3/h4-11,16H,12-14H2,1-3H3. The Morgan fingerprint density at radius 2 is 1.64 bits per heavy atom. The van der Waals surface area contributed by atoms with Gasteiger partial charge in [0.05, 0.1) is 17.6 Å². The first-order valence-electron chi connectivity index (χ1n) is 8.08. The SMILES string of the molecule is COCOC(C)c1ccc(CCOS(=O)(=O)c2ccc(C)cc2)cc1. The van der Waals surface area contributed by atoms with Gasteiger partial charge < -0.3 is 9.47 Å². The van der Waals surface area contributed by atoms with Gasteiger partial charge in [-0.2, -0.15) is 8.42 Å². The van der Waals surface area contributed by atoms with Crippen LogP contribution < -0.4 is 0 Å². The Bertz CT molecular complexity index is 751. The van der Waals surface area contributed by atoms with E-state index < -0.39 is 10.1 Å². The van der Waals surface area contributed by atoms with Crippen LogP contribution in [-0.2, 0) is 30.2 Å². The highest BCUT2D eigenvalue weighted by atomic mass is 32.2. The Labute approximate surface area is 149 Å². The molecule has 0 amide bonds. The Balaban J connectivity index is 1.88. The van der Waals surface area contributed by atoms with Crippen LogP contribution >= 0.6 is 0 Å². The third-order valence-corrected chi connectivity index (χ3v) is 5.15. The normalized spacial score (nSPS) is 12.9. The topological polar surface area (TPSA) is 61.8 Å². The van der Waals surface area contributed by atoms with Crippen molar-refractivity contribution in [3.05, 3.63) is 65.2 Å². The molecular weight excluding hydrogens is 340 g/mol. The monoisotopic (exact) mass is 364 g/mol. The van der Waals surface area contributed by atoms with Gasteiger partial charge in [0.2, 0.25) is 0 Å². The summed E-state index contributed by atoms with van der Waals surface area (Å²) in [6.45, 7) is 4.20. The number of hydrogen-bond acceptors (Lipinski definition) is 5. The van der Waals surface area contributed by atoms with Gasteiger partial charge in [-0.25, -0.2) is 0 Å². The molecule has 0 spiro atoms. The summed E-state index contributed by atoms with van der Waals surface area (Å²) in [5.74, 6) is 0. The number of hydrogen-bond donors (Lipinski definition) is 0. The van der Waals surface area contributed by atoms with E-state index in [1.165, 1.54) is 0 Å². The van der Waals surface area contributed by atoms with Crippen molar-refractivity contribution < 1.29 is 22.1 Å². The van der Waals surface area contributed by atoms with Gasteiger partial charge in [0.1, 0.15) is 6.79 Å². The minimum atomic E-state index is -3.71. The summed E-state index contributed by atoms with van der Waals surface area (Å²) in [5, 5.41) is 0. The van der Waals surface area contributed by atoms with Crippen molar-refractivity contribution in [1.82, 2.24) is 0 Å². The predicted molar refractivity (Wildman–Crippen MR) is 95.8 cm³/mol. The van der Waals surface area contributed by atoms with Gasteiger partial charge >= 0.3 is 0 Å². The van der Waals surface area contributed by atoms with Crippen LogP contribution in [-0.4, -0.2) is 28.9 Å². The fourth-order valence-corrected chi connectivity index (χ4v) is 3.17. The average Bonchev–Trinajstić information content (AvgIpc) is 2.60. The maximum atomic E-state index is 12.1. The van der Waals surface area contributed by atoms with Crippen molar-refractivity contribution in [3.8, 4) is 0 Å². The molecule has 0 heterocycles. The van der Waals surface area contributed by atoms with Crippen molar-refractivity contribution in [3.63, 3.8) is 0 Å². The van der Waals surface area contributed by atoms with Gasteiger partial charge in [-0.1, -0.05) is 42.0 Å². The molecule has 1 unspecified atom stereocenters. The molecule has 0 saturated carbocycles. The lowest BCUT2D eigenvalue weighted by Gasteiger charge is -2.13. The van der Waals surface area contributed by atoms with Crippen LogP contribution in [0.5, 0.6) is 0 Å². The minimum Gasteiger partial charge on any atom is -0.359 e. The first-order chi connectivity index (χ1) is 11.9. The minimum absolute atomic E-state index is 0.0628. The van der Waals surface area contributed by atoms with Crippen LogP contribution in [0.2, 0.25) is 0 Å². The van der Waals surface area contributed by atoms with Crippen molar-refractivity contribution in [2.45, 2.75) is 31.3 Å². The smallest absolute Gasteiger partial charge is 0.296 e. The van der Waals surface area contributed by atoms with Gasteiger partial charge in [0, 0.05) is 7.11 Å². The highest BCUT2D eigenvalue weighted by Gasteiger charge is 2.14. The molecule has 2 rings (SSSR count). The predicted octanol–water partition coefficient (Wildman–Crippen LogP) is 3.62. The van der Waals surface area contributed by atoms with Crippen LogP contribution in [0.1, 0.15) is 29.7 Å². The molecule has 0 aliphatic heterocycles. The van der Waals surface area contributed by atoms with Gasteiger partial charge in [0.15, 0.2) is 0 Å². The lowest BCUT2D eigenvalue weighted by atomic mass is 10.1. The zero-order valence-electron chi connectivity index (χ0n) is 14.8. The summed E-state index contributed by atoms with van der Waals surface area (Å²) in [5.41, 5.74) is 3.04. The van der Waals surface area contributed by atoms with Crippen molar-refractivity contribution in [1.29, 1.82) is 0 Å². The van der Waals surface area contributed by atoms with E-state index in [0.717, 1.165) is 16.7 Å². The molecule has 0 aliphatic carbocycles. The molecule has 0 aromatic heterocycles. The summed E-state index contributed by atoms with van der Waals surface area (Å²) in [4.78, 5) is 0.178. The summed E-state index contributed by atoms with van der Waals surface area (Å²) < 4.78 is 39.7. The van der Waals surface area contributed by atoms with E-state index in [4.69, 9.17) is 13.7 Å². The molecule has 6 heteroatoms. The fraction of sp³-hybridized carbons (Fsp3) is 0.368. The number of aryl methyl sites for hydroxylation is 1. The Hall–Kier alpha value is -1.73. The maximum absolute atomic E-state index is 12.1. The van der Waals surface area contributed by atoms with E-state index in [-0.39, 0.29) is 24.4 Å². The van der Waals surface area contributed by atoms with E-state index in [1.54, 1.807) is 31.4 Å². The number of rotatable bonds is 9. The molecule has 0 radical (unpaired) electrons. The average molecular weight is 364 g/mol. The van der Waals surface area contributed by atoms with E-state index in [9.17, 15) is 8.42 Å². The van der Waals surface area contributed by atoms with Gasteiger partial charge in [0.25, 0.3) is 10.1 Å². The third-order valence-electron chi connectivity index (χ3n) is 3.82. The quantitative estimate of drug-likeness (QED) is 0.502. The molecule has 25 heavy (non-hydrogen) atoms. The van der Waals surface area contributed by atoms with Crippen LogP contribution in [0.15, 0.2) is 53.4 Å². The Morgan fingerprint density at radius 1 is 1.00 bits per heavy atom. The molecule has 0 aliphatic rings. The van der Waals surface area contributed by atoms with Crippen LogP contribution in [0.25, 0.3) is 0 Å². The molecule has 1 atom stereocenters. The van der Waals surface area contributed by atoms with Gasteiger partial charge in [-0.15, -0.1) is 0 Å². The lowest BCUT2D eigenvalue weighted by Crippen LogP contribution is -2.09. The van der Waals surface area contributed by atoms with E-state index in [2.05, 4.69) is 0 Å². The largest absolute Gasteiger partial charge is 0.359 e. The second-order valence-electron chi connectivity index (χ2n) is 5.80. The molecule has 0 fully saturated rings. The molecule has 0 bridgehead atoms. The maximum Gasteiger partial charge on any atom is 0.296 e. The van der Waals surface area contributed by atoms with Gasteiger partial charge in [-0.3, -0.25) is 4.18 Å². The molecular formula is C19H24O5S. The molecule has 136 valence electrons. The first-order valence-corrected chi connectivity index (χ1v) is 9.48. The lowest BCUT2D eigenvalue weighted by molar-refractivity contribution is -0.0666. The zero-order valence-corrected chi connectivity index (χ0v) is 15.6. The van der Waals surface area contributed by atoms with Gasteiger partial charge in [-0.05, 0) is 43.5 Å². The summed E-state index contributed by atoms with van der Waals surface area (Å²) >= 11 is 0. The van der Waals surface area contributed by atoms with E-state index >= 15 is 0 Å². The van der Waals surface area contributed by atoms with Crippen molar-refractivity contribution in [2.75, 3.05) is 20.5 Å². The van der Waals surface area contributed by atoms with Crippen molar-refractivity contribution in [2.24, 2.45) is 0 Å². The number of benzene rings is 2. The van der Waals surface area contributed by atoms with Crippen LogP contribution in [0.3, 0.4) is 0 Å². The zero-order chi connectivity index (χ0) is 18.3. The summed E-state index contributed by atoms with van der Waals surface area (Å²) in [6.07, 6.45) is 0.450. The second-order valence-corrected chi connectivity index (χ2v) is 7.41. The molecule has 2 aromatic carbocycles.